The van der Waals surface area contributed by atoms with E-state index in [0.717, 1.165) is 20.1 Å². The van der Waals surface area contributed by atoms with Crippen molar-refractivity contribution in [2.24, 2.45) is 0 Å². The molecule has 0 spiro atoms. The maximum atomic E-state index is 12.4. The zero-order valence-corrected chi connectivity index (χ0v) is 8.34. The number of hydrogen-bond donors (Lipinski definition) is 0. The summed E-state index contributed by atoms with van der Waals surface area (Å²) in [5.74, 6) is -3.97. The number of carbonyl (C=O) groups excluding carboxylic acids is 2. The molecule has 0 bridgehead atoms. The van der Waals surface area contributed by atoms with E-state index in [2.05, 4.69) is 9.15 Å². The lowest BCUT2D eigenvalue weighted by Crippen LogP contribution is -2.11. The number of Topliss-reactive ketones (excluding diaryl/α,β-unsaturated/α-hetero) is 1. The summed E-state index contributed by atoms with van der Waals surface area (Å²) in [6, 6.07) is 0.719. The minimum Gasteiger partial charge on any atom is -0.465 e. The fourth-order valence-corrected chi connectivity index (χ4v) is 1.04. The number of alkyl halides is 3. The van der Waals surface area contributed by atoms with Crippen LogP contribution in [0.3, 0.4) is 0 Å². The van der Waals surface area contributed by atoms with E-state index in [-0.39, 0.29) is 0 Å². The highest BCUT2D eigenvalue weighted by Crippen LogP contribution is 2.34. The Morgan fingerprint density at radius 2 is 1.94 bits per heavy atom. The van der Waals surface area contributed by atoms with Crippen LogP contribution in [0.4, 0.5) is 13.2 Å². The van der Waals surface area contributed by atoms with Gasteiger partial charge in [-0.15, -0.1) is 0 Å². The first-order chi connectivity index (χ1) is 7.27. The van der Waals surface area contributed by atoms with Crippen molar-refractivity contribution in [3.05, 3.63) is 23.2 Å². The molecule has 0 aliphatic heterocycles. The van der Waals surface area contributed by atoms with E-state index in [9.17, 15) is 22.8 Å². The molecule has 7 heteroatoms. The van der Waals surface area contributed by atoms with Crippen molar-refractivity contribution in [1.29, 1.82) is 0 Å². The van der Waals surface area contributed by atoms with Gasteiger partial charge in [0.25, 0.3) is 0 Å². The second kappa shape index (κ2) is 3.99. The van der Waals surface area contributed by atoms with E-state index < -0.39 is 35.0 Å². The fraction of sp³-hybridized carbons (Fsp3) is 0.333. The Labute approximate surface area is 88.0 Å². The summed E-state index contributed by atoms with van der Waals surface area (Å²) < 4.78 is 45.7. The Balaban J connectivity index is 3.34. The molecule has 16 heavy (non-hydrogen) atoms. The lowest BCUT2D eigenvalue weighted by atomic mass is 10.2. The van der Waals surface area contributed by atoms with E-state index in [4.69, 9.17) is 0 Å². The molecule has 1 heterocycles. The van der Waals surface area contributed by atoms with Crippen LogP contribution in [-0.2, 0) is 10.9 Å². The Kier molecular flexibility index (Phi) is 3.06. The molecule has 0 atom stereocenters. The van der Waals surface area contributed by atoms with Crippen molar-refractivity contribution in [2.75, 3.05) is 7.11 Å². The first kappa shape index (κ1) is 12.3. The molecule has 0 amide bonds. The molecule has 0 saturated heterocycles. The van der Waals surface area contributed by atoms with Crippen LogP contribution in [0.2, 0.25) is 0 Å². The number of esters is 1. The normalized spacial score (nSPS) is 11.3. The van der Waals surface area contributed by atoms with Crippen molar-refractivity contribution in [2.45, 2.75) is 13.1 Å². The smallest absolute Gasteiger partial charge is 0.450 e. The van der Waals surface area contributed by atoms with Crippen LogP contribution in [0, 0.1) is 0 Å². The van der Waals surface area contributed by atoms with Crippen molar-refractivity contribution in [3.8, 4) is 0 Å². The molecule has 88 valence electrons. The molecule has 0 saturated carbocycles. The fourth-order valence-electron chi connectivity index (χ4n) is 1.04. The molecule has 0 unspecified atom stereocenters. The van der Waals surface area contributed by atoms with Gasteiger partial charge in [-0.05, 0) is 0 Å². The van der Waals surface area contributed by atoms with E-state index in [1.165, 1.54) is 0 Å². The lowest BCUT2D eigenvalue weighted by molar-refractivity contribution is -0.153. The summed E-state index contributed by atoms with van der Waals surface area (Å²) in [4.78, 5) is 21.9. The van der Waals surface area contributed by atoms with Gasteiger partial charge in [-0.1, -0.05) is 0 Å². The number of halogens is 3. The Bertz CT molecular complexity index is 430. The highest BCUT2D eigenvalue weighted by Gasteiger charge is 2.41. The summed E-state index contributed by atoms with van der Waals surface area (Å²) in [6.07, 6.45) is -4.85. The van der Waals surface area contributed by atoms with Gasteiger partial charge in [0.1, 0.15) is 5.56 Å². The van der Waals surface area contributed by atoms with Crippen molar-refractivity contribution in [1.82, 2.24) is 0 Å². The molecule has 0 aliphatic carbocycles. The van der Waals surface area contributed by atoms with E-state index >= 15 is 0 Å². The number of rotatable bonds is 2. The zero-order chi connectivity index (χ0) is 12.5. The van der Waals surface area contributed by atoms with E-state index in [1.54, 1.807) is 0 Å². The van der Waals surface area contributed by atoms with Crippen LogP contribution >= 0.6 is 0 Å². The topological polar surface area (TPSA) is 56.5 Å². The Hall–Kier alpha value is -1.79. The molecule has 0 radical (unpaired) electrons. The summed E-state index contributed by atoms with van der Waals surface area (Å²) in [7, 11) is 0.933. The summed E-state index contributed by atoms with van der Waals surface area (Å²) in [5, 5.41) is 0. The monoisotopic (exact) mass is 236 g/mol. The van der Waals surface area contributed by atoms with Gasteiger partial charge in [0.15, 0.2) is 11.5 Å². The SMILES string of the molecule is COC(=O)c1cc(C(C)=O)oc1C(F)(F)F. The number of carbonyl (C=O) groups is 2. The Morgan fingerprint density at radius 3 is 2.31 bits per heavy atom. The number of ketones is 1. The van der Waals surface area contributed by atoms with Gasteiger partial charge in [0, 0.05) is 13.0 Å². The predicted molar refractivity (Wildman–Crippen MR) is 45.1 cm³/mol. The minimum atomic E-state index is -4.85. The maximum Gasteiger partial charge on any atom is 0.450 e. The molecular formula is C9H7F3O4. The van der Waals surface area contributed by atoms with Gasteiger partial charge in [0.2, 0.25) is 5.76 Å². The third-order valence-electron chi connectivity index (χ3n) is 1.74. The molecule has 0 aromatic carbocycles. The van der Waals surface area contributed by atoms with Crippen LogP contribution in [-0.4, -0.2) is 18.9 Å². The second-order valence-electron chi connectivity index (χ2n) is 2.90. The van der Waals surface area contributed by atoms with Gasteiger partial charge in [-0.3, -0.25) is 4.79 Å². The largest absolute Gasteiger partial charge is 0.465 e. The van der Waals surface area contributed by atoms with Gasteiger partial charge in [-0.2, -0.15) is 13.2 Å². The van der Waals surface area contributed by atoms with Crippen molar-refractivity contribution < 1.29 is 31.9 Å². The minimum absolute atomic E-state index is 0.535. The molecule has 0 N–H and O–H groups in total. The average Bonchev–Trinajstić information content (AvgIpc) is 2.60. The molecule has 0 fully saturated rings. The summed E-state index contributed by atoms with van der Waals surface area (Å²) in [6.45, 7) is 1.03. The van der Waals surface area contributed by atoms with Gasteiger partial charge in [0.05, 0.1) is 7.11 Å². The number of furan rings is 1. The highest BCUT2D eigenvalue weighted by molar-refractivity contribution is 5.97. The predicted octanol–water partition coefficient (Wildman–Crippen LogP) is 2.29. The van der Waals surface area contributed by atoms with Gasteiger partial charge < -0.3 is 9.15 Å². The number of methoxy groups -OCH3 is 1. The first-order valence-corrected chi connectivity index (χ1v) is 4.07. The number of ether oxygens (including phenoxy) is 1. The third kappa shape index (κ3) is 2.23. The van der Waals surface area contributed by atoms with Crippen LogP contribution in [0.25, 0.3) is 0 Å². The highest BCUT2D eigenvalue weighted by atomic mass is 19.4. The van der Waals surface area contributed by atoms with E-state index in [1.807, 2.05) is 0 Å². The molecule has 1 aromatic rings. The van der Waals surface area contributed by atoms with Crippen LogP contribution in [0.5, 0.6) is 0 Å². The van der Waals surface area contributed by atoms with Crippen LogP contribution in [0.15, 0.2) is 10.5 Å². The first-order valence-electron chi connectivity index (χ1n) is 4.07. The van der Waals surface area contributed by atoms with Gasteiger partial charge in [-0.25, -0.2) is 4.79 Å². The standard InChI is InChI=1S/C9H7F3O4/c1-4(13)6-3-5(8(14)15-2)7(16-6)9(10,11)12/h3H,1-2H3. The number of hydrogen-bond acceptors (Lipinski definition) is 4. The zero-order valence-electron chi connectivity index (χ0n) is 8.34. The molecular weight excluding hydrogens is 229 g/mol. The molecule has 4 nitrogen and oxygen atoms in total. The summed E-state index contributed by atoms with van der Waals surface area (Å²) in [5.41, 5.74) is -0.805. The molecule has 0 aliphatic rings. The van der Waals surface area contributed by atoms with Crippen molar-refractivity contribution >= 4 is 11.8 Å². The average molecular weight is 236 g/mol. The summed E-state index contributed by atoms with van der Waals surface area (Å²) >= 11 is 0. The third-order valence-corrected chi connectivity index (χ3v) is 1.74. The van der Waals surface area contributed by atoms with Gasteiger partial charge >= 0.3 is 12.1 Å². The molecule has 1 aromatic heterocycles. The Morgan fingerprint density at radius 1 is 1.38 bits per heavy atom. The lowest BCUT2D eigenvalue weighted by Gasteiger charge is -2.04. The van der Waals surface area contributed by atoms with Crippen LogP contribution in [0.1, 0.15) is 33.6 Å². The van der Waals surface area contributed by atoms with Crippen molar-refractivity contribution in [3.63, 3.8) is 0 Å². The maximum absolute atomic E-state index is 12.4. The second-order valence-corrected chi connectivity index (χ2v) is 2.90. The molecule has 1 rings (SSSR count). The van der Waals surface area contributed by atoms with Crippen LogP contribution < -0.4 is 0 Å². The van der Waals surface area contributed by atoms with E-state index in [0.29, 0.717) is 0 Å². The quantitative estimate of drug-likeness (QED) is 0.583.